The van der Waals surface area contributed by atoms with Gasteiger partial charge in [-0.15, -0.1) is 0 Å². The van der Waals surface area contributed by atoms with E-state index in [0.717, 1.165) is 17.5 Å². The first-order chi connectivity index (χ1) is 18.7. The summed E-state index contributed by atoms with van der Waals surface area (Å²) >= 11 is 0. The molecule has 0 fully saturated rings. The molecular formula is C30H34N2O7. The van der Waals surface area contributed by atoms with Crippen LogP contribution in [0.3, 0.4) is 0 Å². The van der Waals surface area contributed by atoms with Crippen molar-refractivity contribution in [3.63, 3.8) is 0 Å². The van der Waals surface area contributed by atoms with Crippen molar-refractivity contribution in [1.82, 2.24) is 4.90 Å². The molecule has 0 unspecified atom stereocenters. The predicted octanol–water partition coefficient (Wildman–Crippen LogP) is 4.30. The van der Waals surface area contributed by atoms with Crippen LogP contribution in [0.1, 0.15) is 41.3 Å². The number of carboxylic acids is 1. The summed E-state index contributed by atoms with van der Waals surface area (Å²) in [4.78, 5) is 38.8. The minimum absolute atomic E-state index is 0.0918. The molecule has 3 N–H and O–H groups in total. The Morgan fingerprint density at radius 2 is 1.38 bits per heavy atom. The van der Waals surface area contributed by atoms with Gasteiger partial charge in [-0.2, -0.15) is 0 Å². The van der Waals surface area contributed by atoms with E-state index in [4.69, 9.17) is 19.9 Å². The molecule has 0 aliphatic rings. The van der Waals surface area contributed by atoms with E-state index in [1.165, 1.54) is 31.8 Å². The lowest BCUT2D eigenvalue weighted by Crippen LogP contribution is -2.45. The van der Waals surface area contributed by atoms with Crippen molar-refractivity contribution in [3.05, 3.63) is 77.4 Å². The maximum atomic E-state index is 13.8. The van der Waals surface area contributed by atoms with Gasteiger partial charge in [0.1, 0.15) is 6.04 Å². The van der Waals surface area contributed by atoms with Gasteiger partial charge in [0.25, 0.3) is 5.91 Å². The molecule has 0 radical (unpaired) electrons. The number of rotatable bonds is 13. The molecule has 3 rings (SSSR count). The molecule has 0 aliphatic carbocycles. The van der Waals surface area contributed by atoms with Crippen LogP contribution < -0.4 is 19.9 Å². The van der Waals surface area contributed by atoms with Crippen molar-refractivity contribution in [2.24, 2.45) is 5.73 Å². The Labute approximate surface area is 228 Å². The van der Waals surface area contributed by atoms with Crippen LogP contribution in [0.4, 0.5) is 0 Å². The Morgan fingerprint density at radius 1 is 0.846 bits per heavy atom. The van der Waals surface area contributed by atoms with Crippen LogP contribution in [0.2, 0.25) is 0 Å². The number of hydrogen-bond acceptors (Lipinski definition) is 6. The lowest BCUT2D eigenvalue weighted by atomic mass is 10.0. The van der Waals surface area contributed by atoms with Gasteiger partial charge in [-0.3, -0.25) is 9.59 Å². The first-order valence-corrected chi connectivity index (χ1v) is 12.5. The number of nitrogens with zero attached hydrogens (tertiary/aromatic N) is 1. The van der Waals surface area contributed by atoms with Gasteiger partial charge in [0.2, 0.25) is 11.7 Å². The van der Waals surface area contributed by atoms with Gasteiger partial charge in [-0.1, -0.05) is 43.3 Å². The minimum atomic E-state index is -1.30. The van der Waals surface area contributed by atoms with Gasteiger partial charge < -0.3 is 30.0 Å². The van der Waals surface area contributed by atoms with Crippen molar-refractivity contribution >= 4 is 17.8 Å². The second-order valence-corrected chi connectivity index (χ2v) is 8.95. The molecule has 0 aromatic heterocycles. The fraction of sp³-hybridized carbons (Fsp3) is 0.300. The average Bonchev–Trinajstić information content (AvgIpc) is 2.95. The highest BCUT2D eigenvalue weighted by molar-refractivity contribution is 5.97. The van der Waals surface area contributed by atoms with Gasteiger partial charge in [-0.05, 0) is 59.4 Å². The molecule has 2 amide bonds. The minimum Gasteiger partial charge on any atom is -0.493 e. The summed E-state index contributed by atoms with van der Waals surface area (Å²) in [6, 6.07) is 17.2. The molecular weight excluding hydrogens is 500 g/mol. The van der Waals surface area contributed by atoms with Crippen LogP contribution >= 0.6 is 0 Å². The third-order valence-electron chi connectivity index (χ3n) is 6.49. The van der Waals surface area contributed by atoms with Crippen LogP contribution in [0.15, 0.2) is 60.7 Å². The zero-order valence-corrected chi connectivity index (χ0v) is 22.6. The van der Waals surface area contributed by atoms with E-state index in [2.05, 4.69) is 19.1 Å². The zero-order valence-electron chi connectivity index (χ0n) is 22.6. The summed E-state index contributed by atoms with van der Waals surface area (Å²) in [5.41, 5.74) is 9.31. The van der Waals surface area contributed by atoms with Crippen molar-refractivity contribution in [3.8, 4) is 28.4 Å². The molecule has 1 atom stereocenters. The number of primary amides is 1. The predicted molar refractivity (Wildman–Crippen MR) is 147 cm³/mol. The maximum Gasteiger partial charge on any atom is 0.326 e. The molecule has 9 nitrogen and oxygen atoms in total. The smallest absolute Gasteiger partial charge is 0.326 e. The quantitative estimate of drug-likeness (QED) is 0.334. The fourth-order valence-electron chi connectivity index (χ4n) is 4.34. The number of hydrogen-bond donors (Lipinski definition) is 2. The lowest BCUT2D eigenvalue weighted by Gasteiger charge is -2.29. The van der Waals surface area contributed by atoms with Crippen molar-refractivity contribution in [2.75, 3.05) is 21.3 Å². The molecule has 0 aliphatic heterocycles. The Balaban J connectivity index is 2.00. The normalized spacial score (nSPS) is 11.4. The number of ether oxygens (including phenoxy) is 3. The number of amides is 2. The third kappa shape index (κ3) is 7.07. The highest BCUT2D eigenvalue weighted by Crippen LogP contribution is 2.38. The van der Waals surface area contributed by atoms with Gasteiger partial charge in [0.05, 0.1) is 21.3 Å². The number of aryl methyl sites for hydroxylation is 1. The van der Waals surface area contributed by atoms with Gasteiger partial charge in [0.15, 0.2) is 11.5 Å². The van der Waals surface area contributed by atoms with E-state index >= 15 is 0 Å². The molecule has 0 bridgehead atoms. The van der Waals surface area contributed by atoms with Gasteiger partial charge in [-0.25, -0.2) is 4.79 Å². The standard InChI is InChI=1S/C30H34N2O7/c1-5-19-6-8-21(9-7-19)22-10-12-23(13-11-22)29(34)32(24(30(35)36)14-15-27(31)33)18-20-16-25(37-2)28(39-4)26(17-20)38-3/h6-13,16-17,24H,5,14-15,18H2,1-4H3,(H2,31,33)(H,35,36)/t24-/m0/s1. The Kier molecular flexibility index (Phi) is 9.92. The number of benzene rings is 3. The fourth-order valence-corrected chi connectivity index (χ4v) is 4.34. The number of carboxylic acid groups (broad SMARTS) is 1. The Bertz CT molecular complexity index is 1280. The number of carbonyl (C=O) groups excluding carboxylic acids is 2. The molecule has 0 spiro atoms. The van der Waals surface area contributed by atoms with Crippen LogP contribution in [-0.4, -0.2) is 55.2 Å². The largest absolute Gasteiger partial charge is 0.493 e. The zero-order chi connectivity index (χ0) is 28.5. The topological polar surface area (TPSA) is 128 Å². The third-order valence-corrected chi connectivity index (χ3v) is 6.49. The summed E-state index contributed by atoms with van der Waals surface area (Å²) in [6.07, 6.45) is 0.612. The molecule has 9 heteroatoms. The second-order valence-electron chi connectivity index (χ2n) is 8.95. The average molecular weight is 535 g/mol. The maximum absolute atomic E-state index is 13.8. The van der Waals surface area contributed by atoms with Gasteiger partial charge in [0, 0.05) is 18.5 Å². The van der Waals surface area contributed by atoms with E-state index in [1.807, 2.05) is 24.3 Å². The highest BCUT2D eigenvalue weighted by atomic mass is 16.5. The number of nitrogens with two attached hydrogens (primary N) is 1. The van der Waals surface area contributed by atoms with Crippen molar-refractivity contribution < 1.29 is 33.7 Å². The molecule has 3 aromatic carbocycles. The molecule has 0 saturated carbocycles. The molecule has 0 saturated heterocycles. The van der Waals surface area contributed by atoms with E-state index in [1.54, 1.807) is 24.3 Å². The molecule has 206 valence electrons. The number of aliphatic carboxylic acids is 1. The van der Waals surface area contributed by atoms with E-state index in [-0.39, 0.29) is 19.4 Å². The van der Waals surface area contributed by atoms with Gasteiger partial charge >= 0.3 is 5.97 Å². The second kappa shape index (κ2) is 13.3. The monoisotopic (exact) mass is 534 g/mol. The Morgan fingerprint density at radius 3 is 1.82 bits per heavy atom. The summed E-state index contributed by atoms with van der Waals surface area (Å²) in [6.45, 7) is 2.00. The Hall–Kier alpha value is -4.53. The lowest BCUT2D eigenvalue weighted by molar-refractivity contribution is -0.143. The van der Waals surface area contributed by atoms with Crippen molar-refractivity contribution in [1.29, 1.82) is 0 Å². The van der Waals surface area contributed by atoms with Crippen LogP contribution in [0.25, 0.3) is 11.1 Å². The first-order valence-electron chi connectivity index (χ1n) is 12.5. The summed E-state index contributed by atoms with van der Waals surface area (Å²) in [5, 5.41) is 10.0. The van der Waals surface area contributed by atoms with Crippen molar-refractivity contribution in [2.45, 2.75) is 38.8 Å². The number of methoxy groups -OCH3 is 3. The summed E-state index contributed by atoms with van der Waals surface area (Å²) in [5.74, 6) is -1.31. The van der Waals surface area contributed by atoms with Crippen LogP contribution in [0, 0.1) is 0 Å². The molecule has 39 heavy (non-hydrogen) atoms. The highest BCUT2D eigenvalue weighted by Gasteiger charge is 2.31. The van der Waals surface area contributed by atoms with E-state index < -0.39 is 23.8 Å². The SMILES string of the molecule is CCc1ccc(-c2ccc(C(=O)N(Cc3cc(OC)c(OC)c(OC)c3)[C@@H](CCC(N)=O)C(=O)O)cc2)cc1. The molecule has 3 aromatic rings. The summed E-state index contributed by atoms with van der Waals surface area (Å²) < 4.78 is 16.2. The van der Waals surface area contributed by atoms with Crippen LogP contribution in [-0.2, 0) is 22.6 Å². The van der Waals surface area contributed by atoms with E-state index in [0.29, 0.717) is 28.4 Å². The first kappa shape index (κ1) is 29.0. The van der Waals surface area contributed by atoms with Crippen LogP contribution in [0.5, 0.6) is 17.2 Å². The molecule has 0 heterocycles. The number of carbonyl (C=O) groups is 3. The van der Waals surface area contributed by atoms with E-state index in [9.17, 15) is 19.5 Å². The summed E-state index contributed by atoms with van der Waals surface area (Å²) in [7, 11) is 4.41.